The molecule has 6 nitrogen and oxygen atoms in total. The maximum atomic E-state index is 12.8. The van der Waals surface area contributed by atoms with Crippen LogP contribution in [0, 0.1) is 5.41 Å². The molecule has 1 aliphatic rings. The van der Waals surface area contributed by atoms with Crippen LogP contribution in [0.5, 0.6) is 0 Å². The third-order valence-electron chi connectivity index (χ3n) is 5.28. The van der Waals surface area contributed by atoms with Gasteiger partial charge in [-0.1, -0.05) is 32.9 Å². The van der Waals surface area contributed by atoms with Crippen LogP contribution in [0.1, 0.15) is 52.3 Å². The first kappa shape index (κ1) is 20.4. The fourth-order valence-electron chi connectivity index (χ4n) is 3.58. The van der Waals surface area contributed by atoms with E-state index in [-0.39, 0.29) is 17.2 Å². The molecule has 0 radical (unpaired) electrons. The van der Waals surface area contributed by atoms with Crippen molar-refractivity contribution in [2.75, 3.05) is 19.6 Å². The van der Waals surface area contributed by atoms with Gasteiger partial charge in [0.15, 0.2) is 0 Å². The molecule has 0 unspecified atom stereocenters. The van der Waals surface area contributed by atoms with Crippen molar-refractivity contribution in [2.24, 2.45) is 5.41 Å². The van der Waals surface area contributed by atoms with Gasteiger partial charge in [0.25, 0.3) is 0 Å². The fourth-order valence-corrected chi connectivity index (χ4v) is 3.58. The Labute approximate surface area is 167 Å². The fraction of sp³-hybridized carbons (Fsp3) is 0.591. The smallest absolute Gasteiger partial charge is 0.242 e. The van der Waals surface area contributed by atoms with E-state index in [9.17, 15) is 9.59 Å². The van der Waals surface area contributed by atoms with E-state index in [1.165, 1.54) is 6.42 Å². The zero-order valence-electron chi connectivity index (χ0n) is 17.3. The molecule has 2 amide bonds. The number of amides is 2. The lowest BCUT2D eigenvalue weighted by Crippen LogP contribution is -2.38. The van der Waals surface area contributed by atoms with Gasteiger partial charge in [0.05, 0.1) is 11.0 Å². The summed E-state index contributed by atoms with van der Waals surface area (Å²) in [6.07, 6.45) is 4.92. The Morgan fingerprint density at radius 2 is 1.82 bits per heavy atom. The number of likely N-dealkylation sites (tertiary alicyclic amines) is 1. The highest BCUT2D eigenvalue weighted by molar-refractivity contribution is 5.82. The first-order valence-electron chi connectivity index (χ1n) is 10.4. The first-order chi connectivity index (χ1) is 13.4. The number of fused-ring (bicyclic) bond motifs is 1. The number of imidazole rings is 1. The maximum absolute atomic E-state index is 12.8. The molecule has 0 saturated carbocycles. The van der Waals surface area contributed by atoms with Gasteiger partial charge < -0.3 is 14.8 Å². The minimum atomic E-state index is -0.381. The third kappa shape index (κ3) is 4.91. The predicted molar refractivity (Wildman–Crippen MR) is 111 cm³/mol. The van der Waals surface area contributed by atoms with E-state index >= 15 is 0 Å². The molecule has 1 aromatic carbocycles. The van der Waals surface area contributed by atoms with E-state index < -0.39 is 0 Å². The van der Waals surface area contributed by atoms with Gasteiger partial charge in [-0.2, -0.15) is 0 Å². The van der Waals surface area contributed by atoms with Crippen LogP contribution in [0.4, 0.5) is 0 Å². The number of aryl methyl sites for hydroxylation is 1. The van der Waals surface area contributed by atoms with E-state index in [1.807, 2.05) is 49.9 Å². The molecule has 0 spiro atoms. The Morgan fingerprint density at radius 1 is 1.11 bits per heavy atom. The van der Waals surface area contributed by atoms with Crippen molar-refractivity contribution in [3.63, 3.8) is 0 Å². The molecule has 2 aromatic rings. The Hall–Kier alpha value is -2.37. The Morgan fingerprint density at radius 3 is 2.54 bits per heavy atom. The van der Waals surface area contributed by atoms with E-state index in [0.717, 1.165) is 55.6 Å². The lowest BCUT2D eigenvalue weighted by atomic mass is 9.96. The zero-order chi connectivity index (χ0) is 20.1. The number of hydrogen-bond acceptors (Lipinski definition) is 3. The minimum Gasteiger partial charge on any atom is -0.356 e. The van der Waals surface area contributed by atoms with Gasteiger partial charge in [0.2, 0.25) is 11.8 Å². The SMILES string of the molecule is CC(C)(C)C(=O)NCCCc1nc2ccccc2n1CC(=O)N1CCCCC1. The van der Waals surface area contributed by atoms with Crippen molar-refractivity contribution < 1.29 is 9.59 Å². The standard InChI is InChI=1S/C22H32N4O2/c1-22(2,3)21(28)23-13-9-12-19-24-17-10-5-6-11-18(17)26(19)16-20(27)25-14-7-4-8-15-25/h5-6,10-11H,4,7-9,12-16H2,1-3H3,(H,23,28). The second-order valence-corrected chi connectivity index (χ2v) is 8.65. The number of nitrogens with zero attached hydrogens (tertiary/aromatic N) is 3. The molecule has 1 fully saturated rings. The number of benzene rings is 1. The molecule has 0 bridgehead atoms. The number of para-hydroxylation sites is 2. The highest BCUT2D eigenvalue weighted by Crippen LogP contribution is 2.19. The Balaban J connectivity index is 1.68. The number of hydrogen-bond donors (Lipinski definition) is 1. The number of rotatable bonds is 6. The molecule has 28 heavy (non-hydrogen) atoms. The van der Waals surface area contributed by atoms with Gasteiger partial charge in [-0.15, -0.1) is 0 Å². The van der Waals surface area contributed by atoms with Crippen LogP contribution in [0.15, 0.2) is 24.3 Å². The van der Waals surface area contributed by atoms with Crippen LogP contribution in [0.3, 0.4) is 0 Å². The van der Waals surface area contributed by atoms with Crippen molar-refractivity contribution in [1.29, 1.82) is 0 Å². The lowest BCUT2D eigenvalue weighted by Gasteiger charge is -2.27. The summed E-state index contributed by atoms with van der Waals surface area (Å²) in [7, 11) is 0. The summed E-state index contributed by atoms with van der Waals surface area (Å²) in [5, 5.41) is 2.99. The quantitative estimate of drug-likeness (QED) is 0.778. The summed E-state index contributed by atoms with van der Waals surface area (Å²) >= 11 is 0. The monoisotopic (exact) mass is 384 g/mol. The van der Waals surface area contributed by atoms with Crippen molar-refractivity contribution in [3.8, 4) is 0 Å². The average molecular weight is 385 g/mol. The van der Waals surface area contributed by atoms with E-state index in [2.05, 4.69) is 9.88 Å². The Kier molecular flexibility index (Phi) is 6.37. The molecule has 1 saturated heterocycles. The topological polar surface area (TPSA) is 67.2 Å². The van der Waals surface area contributed by atoms with Gasteiger partial charge in [-0.05, 0) is 37.8 Å². The molecular formula is C22H32N4O2. The van der Waals surface area contributed by atoms with Gasteiger partial charge in [0, 0.05) is 31.5 Å². The van der Waals surface area contributed by atoms with Crippen LogP contribution in [-0.4, -0.2) is 45.9 Å². The summed E-state index contributed by atoms with van der Waals surface area (Å²) in [5.41, 5.74) is 1.54. The van der Waals surface area contributed by atoms with Crippen LogP contribution in [0.2, 0.25) is 0 Å². The van der Waals surface area contributed by atoms with E-state index in [0.29, 0.717) is 13.1 Å². The molecule has 2 heterocycles. The molecule has 0 atom stereocenters. The van der Waals surface area contributed by atoms with Crippen LogP contribution in [-0.2, 0) is 22.6 Å². The lowest BCUT2D eigenvalue weighted by molar-refractivity contribution is -0.132. The Bertz CT molecular complexity index is 829. The molecule has 1 aromatic heterocycles. The molecule has 3 rings (SSSR count). The summed E-state index contributed by atoms with van der Waals surface area (Å²) < 4.78 is 2.05. The molecular weight excluding hydrogens is 352 g/mol. The minimum absolute atomic E-state index is 0.0567. The first-order valence-corrected chi connectivity index (χ1v) is 10.4. The molecule has 152 valence electrons. The van der Waals surface area contributed by atoms with Crippen molar-refractivity contribution >= 4 is 22.8 Å². The number of carbonyl (C=O) groups excluding carboxylic acids is 2. The second kappa shape index (κ2) is 8.76. The number of piperidine rings is 1. The highest BCUT2D eigenvalue weighted by Gasteiger charge is 2.21. The number of carbonyl (C=O) groups is 2. The molecule has 1 aliphatic heterocycles. The maximum Gasteiger partial charge on any atom is 0.242 e. The predicted octanol–water partition coefficient (Wildman–Crippen LogP) is 3.14. The summed E-state index contributed by atoms with van der Waals surface area (Å²) in [6.45, 7) is 8.40. The number of nitrogens with one attached hydrogen (secondary N) is 1. The van der Waals surface area contributed by atoms with Gasteiger partial charge in [-0.25, -0.2) is 4.98 Å². The molecule has 1 N–H and O–H groups in total. The highest BCUT2D eigenvalue weighted by atomic mass is 16.2. The van der Waals surface area contributed by atoms with Crippen molar-refractivity contribution in [1.82, 2.24) is 19.8 Å². The van der Waals surface area contributed by atoms with E-state index in [4.69, 9.17) is 4.98 Å². The third-order valence-corrected chi connectivity index (χ3v) is 5.28. The van der Waals surface area contributed by atoms with Crippen molar-refractivity contribution in [2.45, 2.75) is 59.4 Å². The summed E-state index contributed by atoms with van der Waals surface area (Å²) in [5.74, 6) is 1.14. The van der Waals surface area contributed by atoms with Crippen molar-refractivity contribution in [3.05, 3.63) is 30.1 Å². The van der Waals surface area contributed by atoms with Crippen LogP contribution >= 0.6 is 0 Å². The van der Waals surface area contributed by atoms with Gasteiger partial charge in [-0.3, -0.25) is 9.59 Å². The normalized spacial score (nSPS) is 15.0. The van der Waals surface area contributed by atoms with Crippen LogP contribution < -0.4 is 5.32 Å². The van der Waals surface area contributed by atoms with E-state index in [1.54, 1.807) is 0 Å². The summed E-state index contributed by atoms with van der Waals surface area (Å²) in [6, 6.07) is 7.97. The summed E-state index contributed by atoms with van der Waals surface area (Å²) in [4.78, 5) is 31.6. The molecule has 0 aliphatic carbocycles. The zero-order valence-corrected chi connectivity index (χ0v) is 17.3. The number of aromatic nitrogens is 2. The average Bonchev–Trinajstić information content (AvgIpc) is 3.02. The van der Waals surface area contributed by atoms with Crippen LogP contribution in [0.25, 0.3) is 11.0 Å². The molecule has 6 heteroatoms. The van der Waals surface area contributed by atoms with Gasteiger partial charge in [0.1, 0.15) is 12.4 Å². The van der Waals surface area contributed by atoms with Gasteiger partial charge >= 0.3 is 0 Å². The largest absolute Gasteiger partial charge is 0.356 e. The second-order valence-electron chi connectivity index (χ2n) is 8.65.